The van der Waals surface area contributed by atoms with Crippen LogP contribution in [0.15, 0.2) is 52.4 Å². The molecule has 3 aromatic rings. The summed E-state index contributed by atoms with van der Waals surface area (Å²) in [7, 11) is 0. The maximum Gasteiger partial charge on any atom is 0.277 e. The number of nitrogens with one attached hydrogen (secondary N) is 3. The highest BCUT2D eigenvalue weighted by molar-refractivity contribution is 7.99. The smallest absolute Gasteiger partial charge is 0.277 e. The largest absolute Gasteiger partial charge is 0.382 e. The number of aromatic amines is 1. The highest BCUT2D eigenvalue weighted by Crippen LogP contribution is 2.19. The zero-order valence-electron chi connectivity index (χ0n) is 15.5. The van der Waals surface area contributed by atoms with Gasteiger partial charge in [-0.1, -0.05) is 11.8 Å². The van der Waals surface area contributed by atoms with Gasteiger partial charge in [0.1, 0.15) is 23.1 Å². The molecule has 5 N–H and O–H groups in total. The number of rotatable bonds is 6. The second kappa shape index (κ2) is 9.34. The van der Waals surface area contributed by atoms with Crippen molar-refractivity contribution in [1.29, 1.82) is 0 Å². The molecule has 0 bridgehead atoms. The van der Waals surface area contributed by atoms with Gasteiger partial charge in [-0.25, -0.2) is 18.2 Å². The molecule has 2 amide bonds. The average Bonchev–Trinajstić information content (AvgIpc) is 2.71. The Morgan fingerprint density at radius 3 is 2.35 bits per heavy atom. The van der Waals surface area contributed by atoms with E-state index in [0.717, 1.165) is 36.0 Å². The molecule has 160 valence electrons. The maximum absolute atomic E-state index is 13.6. The number of thioether (sulfide) groups is 1. The van der Waals surface area contributed by atoms with Gasteiger partial charge in [0.05, 0.1) is 11.4 Å². The van der Waals surface area contributed by atoms with Gasteiger partial charge in [0.2, 0.25) is 5.91 Å². The summed E-state index contributed by atoms with van der Waals surface area (Å²) in [5.41, 5.74) is 4.55. The van der Waals surface area contributed by atoms with E-state index in [2.05, 4.69) is 20.6 Å². The van der Waals surface area contributed by atoms with Gasteiger partial charge >= 0.3 is 0 Å². The number of carbonyl (C=O) groups excluding carboxylic acids is 2. The minimum Gasteiger partial charge on any atom is -0.382 e. The number of carbonyl (C=O) groups is 2. The van der Waals surface area contributed by atoms with E-state index in [9.17, 15) is 27.6 Å². The fourth-order valence-electron chi connectivity index (χ4n) is 2.36. The number of benzene rings is 2. The number of nitrogens with two attached hydrogens (primary N) is 1. The van der Waals surface area contributed by atoms with Gasteiger partial charge in [-0.2, -0.15) is 0 Å². The summed E-state index contributed by atoms with van der Waals surface area (Å²) < 4.78 is 39.4. The van der Waals surface area contributed by atoms with Gasteiger partial charge < -0.3 is 16.4 Å². The van der Waals surface area contributed by atoms with Gasteiger partial charge in [-0.3, -0.25) is 19.4 Å². The van der Waals surface area contributed by atoms with Gasteiger partial charge in [-0.15, -0.1) is 0 Å². The predicted octanol–water partition coefficient (Wildman–Crippen LogP) is 2.75. The molecular weight excluding hydrogens is 435 g/mol. The number of anilines is 3. The first kappa shape index (κ1) is 21.9. The Labute approximate surface area is 177 Å². The van der Waals surface area contributed by atoms with Crippen LogP contribution in [0.1, 0.15) is 10.4 Å². The van der Waals surface area contributed by atoms with E-state index < -0.39 is 34.8 Å². The van der Waals surface area contributed by atoms with E-state index in [1.807, 2.05) is 0 Å². The van der Waals surface area contributed by atoms with E-state index in [1.165, 1.54) is 12.1 Å². The summed E-state index contributed by atoms with van der Waals surface area (Å²) in [5, 5.41) is 4.54. The average molecular weight is 449 g/mol. The summed E-state index contributed by atoms with van der Waals surface area (Å²) in [6.45, 7) is 0. The summed E-state index contributed by atoms with van der Waals surface area (Å²) in [6, 6.07) is 7.33. The number of nitrogen functional groups attached to an aromatic ring is 1. The lowest BCUT2D eigenvalue weighted by Gasteiger charge is -2.09. The molecule has 0 saturated heterocycles. The van der Waals surface area contributed by atoms with Crippen molar-refractivity contribution >= 4 is 40.8 Å². The quantitative estimate of drug-likeness (QED) is 0.338. The van der Waals surface area contributed by atoms with Crippen LogP contribution in [0.25, 0.3) is 0 Å². The third kappa shape index (κ3) is 5.63. The second-order valence-corrected chi connectivity index (χ2v) is 7.02. The lowest BCUT2D eigenvalue weighted by molar-refractivity contribution is -0.113. The molecule has 0 spiro atoms. The third-order valence-electron chi connectivity index (χ3n) is 3.82. The number of hydrogen-bond donors (Lipinski definition) is 4. The van der Waals surface area contributed by atoms with Crippen molar-refractivity contribution in [3.8, 4) is 0 Å². The van der Waals surface area contributed by atoms with E-state index in [0.29, 0.717) is 6.07 Å². The van der Waals surface area contributed by atoms with Crippen molar-refractivity contribution in [2.24, 2.45) is 0 Å². The molecule has 0 aliphatic heterocycles. The van der Waals surface area contributed by atoms with Crippen LogP contribution in [0.3, 0.4) is 0 Å². The van der Waals surface area contributed by atoms with Crippen molar-refractivity contribution in [3.05, 3.63) is 75.8 Å². The molecule has 0 fully saturated rings. The normalized spacial score (nSPS) is 10.5. The molecule has 0 radical (unpaired) electrons. The van der Waals surface area contributed by atoms with Gasteiger partial charge in [0.25, 0.3) is 11.5 Å². The van der Waals surface area contributed by atoms with E-state index >= 15 is 0 Å². The molecule has 12 heteroatoms. The molecule has 31 heavy (non-hydrogen) atoms. The molecule has 3 rings (SSSR count). The van der Waals surface area contributed by atoms with Gasteiger partial charge in [0.15, 0.2) is 11.0 Å². The number of halogens is 3. The molecular formula is C19H14F3N5O3S. The van der Waals surface area contributed by atoms with E-state index in [-0.39, 0.29) is 33.7 Å². The molecule has 0 atom stereocenters. The van der Waals surface area contributed by atoms with Crippen LogP contribution >= 0.6 is 11.8 Å². The van der Waals surface area contributed by atoms with Crippen LogP contribution in [0, 0.1) is 17.5 Å². The first-order valence-corrected chi connectivity index (χ1v) is 9.56. The standard InChI is InChI=1S/C19H14F3N5O3S/c20-10-3-1-9(2-4-10)17(29)25-15-16(23)26-19(27-18(15)30)31-8-14(28)24-13-6-5-11(21)7-12(13)22/h1-7H,8H2,(H,24,28)(H,25,29)(H3,23,26,27,30). The van der Waals surface area contributed by atoms with Crippen LogP contribution in [-0.4, -0.2) is 27.5 Å². The van der Waals surface area contributed by atoms with Crippen molar-refractivity contribution in [1.82, 2.24) is 9.97 Å². The number of hydrogen-bond acceptors (Lipinski definition) is 6. The van der Waals surface area contributed by atoms with Crippen molar-refractivity contribution < 1.29 is 22.8 Å². The van der Waals surface area contributed by atoms with Crippen molar-refractivity contribution in [3.63, 3.8) is 0 Å². The highest BCUT2D eigenvalue weighted by atomic mass is 32.2. The van der Waals surface area contributed by atoms with Crippen molar-refractivity contribution in [2.75, 3.05) is 22.1 Å². The Kier molecular flexibility index (Phi) is 6.60. The lowest BCUT2D eigenvalue weighted by Crippen LogP contribution is -2.23. The molecule has 8 nitrogen and oxygen atoms in total. The van der Waals surface area contributed by atoms with Crippen LogP contribution in [-0.2, 0) is 4.79 Å². The van der Waals surface area contributed by atoms with Crippen LogP contribution in [0.2, 0.25) is 0 Å². The molecule has 0 aliphatic rings. The lowest BCUT2D eigenvalue weighted by atomic mass is 10.2. The summed E-state index contributed by atoms with van der Waals surface area (Å²) in [5.74, 6) is -4.13. The summed E-state index contributed by atoms with van der Waals surface area (Å²) in [6.07, 6.45) is 0. The maximum atomic E-state index is 13.6. The number of aromatic nitrogens is 2. The fraction of sp³-hybridized carbons (Fsp3) is 0.0526. The first-order valence-electron chi connectivity index (χ1n) is 8.57. The van der Waals surface area contributed by atoms with Gasteiger partial charge in [-0.05, 0) is 36.4 Å². The zero-order valence-corrected chi connectivity index (χ0v) is 16.4. The Morgan fingerprint density at radius 1 is 1.03 bits per heavy atom. The Morgan fingerprint density at radius 2 is 1.71 bits per heavy atom. The number of H-pyrrole nitrogens is 1. The zero-order chi connectivity index (χ0) is 22.5. The second-order valence-electron chi connectivity index (χ2n) is 6.05. The van der Waals surface area contributed by atoms with Gasteiger partial charge in [0, 0.05) is 11.6 Å². The van der Waals surface area contributed by atoms with E-state index in [1.54, 1.807) is 0 Å². The number of amides is 2. The highest BCUT2D eigenvalue weighted by Gasteiger charge is 2.15. The summed E-state index contributed by atoms with van der Waals surface area (Å²) in [4.78, 5) is 42.6. The SMILES string of the molecule is Nc1nc(SCC(=O)Nc2ccc(F)cc2F)[nH]c(=O)c1NC(=O)c1ccc(F)cc1. The number of nitrogens with zero attached hydrogens (tertiary/aromatic N) is 1. The first-order chi connectivity index (χ1) is 14.7. The van der Waals surface area contributed by atoms with Crippen LogP contribution in [0.4, 0.5) is 30.4 Å². The minimum absolute atomic E-state index is 0.0167. The fourth-order valence-corrected chi connectivity index (χ4v) is 3.02. The molecule has 0 unspecified atom stereocenters. The summed E-state index contributed by atoms with van der Waals surface area (Å²) >= 11 is 0.801. The monoisotopic (exact) mass is 449 g/mol. The topological polar surface area (TPSA) is 130 Å². The molecule has 1 aromatic heterocycles. The Balaban J connectivity index is 1.64. The van der Waals surface area contributed by atoms with Crippen LogP contribution < -0.4 is 21.9 Å². The molecule has 0 saturated carbocycles. The predicted molar refractivity (Wildman–Crippen MR) is 109 cm³/mol. The molecule has 0 aliphatic carbocycles. The third-order valence-corrected chi connectivity index (χ3v) is 4.69. The van der Waals surface area contributed by atoms with Crippen LogP contribution in [0.5, 0.6) is 0 Å². The van der Waals surface area contributed by atoms with E-state index in [4.69, 9.17) is 5.73 Å². The van der Waals surface area contributed by atoms with Crippen molar-refractivity contribution in [2.45, 2.75) is 5.16 Å². The Bertz CT molecular complexity index is 1200. The molecule has 1 heterocycles. The Hall–Kier alpha value is -3.80. The molecule has 2 aromatic carbocycles. The minimum atomic E-state index is -0.935.